The standard InChI is InChI=1S/2C2H4O2.Cu.5H2O/c2*1-2(3)4;;;;;;/h2*1H3,(H,3,4);;5*1H2/q;;+2;;;;;/p-2. The van der Waals surface area contributed by atoms with Crippen molar-refractivity contribution in [1.82, 2.24) is 0 Å². The van der Waals surface area contributed by atoms with Gasteiger partial charge in [-0.05, 0) is 13.8 Å². The molecule has 0 fully saturated rings. The molecule has 1 radical (unpaired) electrons. The molecule has 97 valence electrons. The van der Waals surface area contributed by atoms with E-state index >= 15 is 0 Å². The van der Waals surface area contributed by atoms with Crippen molar-refractivity contribution in [3.8, 4) is 0 Å². The van der Waals surface area contributed by atoms with Crippen molar-refractivity contribution in [2.24, 2.45) is 0 Å². The maximum absolute atomic E-state index is 8.89. The molecule has 0 amide bonds. The number of hydrogen-bond donors (Lipinski definition) is 0. The fraction of sp³-hybridized carbons (Fsp3) is 0.500. The molecule has 9 nitrogen and oxygen atoms in total. The summed E-state index contributed by atoms with van der Waals surface area (Å²) in [4.78, 5) is 17.8. The molecule has 0 aromatic heterocycles. The number of carbonyl (C=O) groups is 2. The summed E-state index contributed by atoms with van der Waals surface area (Å²) in [7, 11) is 0. The Morgan fingerprint density at radius 1 is 0.714 bits per heavy atom. The van der Waals surface area contributed by atoms with E-state index in [1.54, 1.807) is 0 Å². The summed E-state index contributed by atoms with van der Waals surface area (Å²) in [5.41, 5.74) is 0. The van der Waals surface area contributed by atoms with Crippen LogP contribution in [0.15, 0.2) is 0 Å². The SMILES string of the molecule is CC(=O)[O-].CC(=O)[O-].O.O.O.O.O.[Cu+2]. The summed E-state index contributed by atoms with van der Waals surface area (Å²) < 4.78 is 0. The first-order valence-corrected chi connectivity index (χ1v) is 1.82. The summed E-state index contributed by atoms with van der Waals surface area (Å²) in [5.74, 6) is -2.17. The van der Waals surface area contributed by atoms with Crippen LogP contribution in [0.5, 0.6) is 0 Å². The Hall–Kier alpha value is -0.741. The maximum Gasteiger partial charge on any atom is 2.00 e. The van der Waals surface area contributed by atoms with Crippen molar-refractivity contribution in [1.29, 1.82) is 0 Å². The van der Waals surface area contributed by atoms with E-state index < -0.39 is 11.9 Å². The second-order valence-corrected chi connectivity index (χ2v) is 0.983. The van der Waals surface area contributed by atoms with Crippen LogP contribution in [0.1, 0.15) is 13.8 Å². The average molecular weight is 272 g/mol. The zero-order chi connectivity index (χ0) is 7.15. The number of carbonyl (C=O) groups excluding carboxylic acids is 2. The summed E-state index contributed by atoms with van der Waals surface area (Å²) in [6, 6.07) is 0. The first kappa shape index (κ1) is 72.0. The second-order valence-electron chi connectivity index (χ2n) is 0.983. The zero-order valence-electron chi connectivity index (χ0n) is 7.43. The van der Waals surface area contributed by atoms with Crippen LogP contribution < -0.4 is 10.2 Å². The number of carboxylic acid groups (broad SMARTS) is 2. The van der Waals surface area contributed by atoms with Crippen molar-refractivity contribution in [2.75, 3.05) is 0 Å². The van der Waals surface area contributed by atoms with Gasteiger partial charge in [-0.2, -0.15) is 0 Å². The molecule has 10 N–H and O–H groups in total. The molecular formula is C4H16CuO9. The third kappa shape index (κ3) is 2160. The first-order valence-electron chi connectivity index (χ1n) is 1.82. The van der Waals surface area contributed by atoms with Gasteiger partial charge in [-0.3, -0.25) is 0 Å². The van der Waals surface area contributed by atoms with Crippen molar-refractivity contribution < 1.29 is 64.3 Å². The third-order valence-corrected chi connectivity index (χ3v) is 0. The van der Waals surface area contributed by atoms with E-state index in [1.165, 1.54) is 0 Å². The fourth-order valence-electron chi connectivity index (χ4n) is 0. The van der Waals surface area contributed by atoms with Gasteiger partial charge in [-0.15, -0.1) is 0 Å². The van der Waals surface area contributed by atoms with E-state index in [1.807, 2.05) is 0 Å². The van der Waals surface area contributed by atoms with Gasteiger partial charge in [0.2, 0.25) is 0 Å². The Labute approximate surface area is 90.8 Å². The Kier molecular flexibility index (Phi) is 289. The van der Waals surface area contributed by atoms with Gasteiger partial charge in [-0.25, -0.2) is 0 Å². The summed E-state index contributed by atoms with van der Waals surface area (Å²) in [6.45, 7) is 1.94. The monoisotopic (exact) mass is 271 g/mol. The third-order valence-electron chi connectivity index (χ3n) is 0. The van der Waals surface area contributed by atoms with Gasteiger partial charge < -0.3 is 47.2 Å². The summed E-state index contributed by atoms with van der Waals surface area (Å²) in [6.07, 6.45) is 0. The van der Waals surface area contributed by atoms with Crippen LogP contribution in [0.3, 0.4) is 0 Å². The van der Waals surface area contributed by atoms with Crippen LogP contribution in [0.4, 0.5) is 0 Å². The Bertz CT molecular complexity index is 74.8. The van der Waals surface area contributed by atoms with Crippen LogP contribution >= 0.6 is 0 Å². The molecule has 0 bridgehead atoms. The summed E-state index contributed by atoms with van der Waals surface area (Å²) in [5, 5.41) is 17.8. The molecule has 0 heterocycles. The van der Waals surface area contributed by atoms with Crippen molar-refractivity contribution in [2.45, 2.75) is 13.8 Å². The molecule has 0 aliphatic rings. The van der Waals surface area contributed by atoms with Crippen LogP contribution in [0.25, 0.3) is 0 Å². The minimum atomic E-state index is -1.08. The Morgan fingerprint density at radius 3 is 0.714 bits per heavy atom. The molecular weight excluding hydrogens is 256 g/mol. The van der Waals surface area contributed by atoms with E-state index in [0.29, 0.717) is 0 Å². The molecule has 0 rings (SSSR count). The fourth-order valence-corrected chi connectivity index (χ4v) is 0. The van der Waals surface area contributed by atoms with Crippen LogP contribution in [-0.4, -0.2) is 39.3 Å². The van der Waals surface area contributed by atoms with E-state index in [9.17, 15) is 0 Å². The van der Waals surface area contributed by atoms with Crippen LogP contribution in [0, 0.1) is 0 Å². The van der Waals surface area contributed by atoms with E-state index in [0.717, 1.165) is 13.8 Å². The molecule has 0 spiro atoms. The average Bonchev–Trinajstić information content (AvgIpc) is 1.25. The number of aliphatic carboxylic acids is 2. The van der Waals surface area contributed by atoms with Gasteiger partial charge in [0.1, 0.15) is 0 Å². The Balaban J connectivity index is -0.00000000600. The van der Waals surface area contributed by atoms with Crippen molar-refractivity contribution in [3.63, 3.8) is 0 Å². The van der Waals surface area contributed by atoms with E-state index in [-0.39, 0.29) is 44.4 Å². The minimum absolute atomic E-state index is 0. The minimum Gasteiger partial charge on any atom is -0.550 e. The van der Waals surface area contributed by atoms with Gasteiger partial charge in [0.25, 0.3) is 0 Å². The normalized spacial score (nSPS) is 3.57. The summed E-state index contributed by atoms with van der Waals surface area (Å²) >= 11 is 0. The topological polar surface area (TPSA) is 238 Å². The smallest absolute Gasteiger partial charge is 0.550 e. The number of rotatable bonds is 0. The number of carboxylic acids is 2. The maximum atomic E-state index is 8.89. The number of hydrogen-bond acceptors (Lipinski definition) is 4. The second kappa shape index (κ2) is 56.2. The quantitative estimate of drug-likeness (QED) is 0.390. The molecule has 0 aliphatic heterocycles. The predicted molar refractivity (Wildman–Crippen MR) is 39.4 cm³/mol. The molecule has 0 aliphatic carbocycles. The zero-order valence-corrected chi connectivity index (χ0v) is 8.38. The van der Waals surface area contributed by atoms with E-state index in [2.05, 4.69) is 0 Å². The van der Waals surface area contributed by atoms with Crippen molar-refractivity contribution in [3.05, 3.63) is 0 Å². The predicted octanol–water partition coefficient (Wildman–Crippen LogP) is -6.61. The molecule has 10 heteroatoms. The molecule has 0 atom stereocenters. The largest absolute Gasteiger partial charge is 2.00 e. The van der Waals surface area contributed by atoms with E-state index in [4.69, 9.17) is 19.8 Å². The first-order chi connectivity index (χ1) is 3.46. The molecule has 0 aromatic rings. The molecule has 0 aromatic carbocycles. The Morgan fingerprint density at radius 2 is 0.714 bits per heavy atom. The van der Waals surface area contributed by atoms with Gasteiger partial charge in [-0.1, -0.05) is 0 Å². The molecule has 0 saturated heterocycles. The molecule has 0 unspecified atom stereocenters. The van der Waals surface area contributed by atoms with Crippen molar-refractivity contribution >= 4 is 11.9 Å². The van der Waals surface area contributed by atoms with Gasteiger partial charge in [0.05, 0.1) is 0 Å². The van der Waals surface area contributed by atoms with Gasteiger partial charge in [0.15, 0.2) is 0 Å². The van der Waals surface area contributed by atoms with Gasteiger partial charge >= 0.3 is 17.1 Å². The van der Waals surface area contributed by atoms with Crippen LogP contribution in [-0.2, 0) is 26.7 Å². The molecule has 0 saturated carbocycles. The van der Waals surface area contributed by atoms with Crippen LogP contribution in [0.2, 0.25) is 0 Å². The molecule has 14 heavy (non-hydrogen) atoms. The van der Waals surface area contributed by atoms with Gasteiger partial charge in [0, 0.05) is 11.9 Å².